The van der Waals surface area contributed by atoms with Crippen LogP contribution in [0.3, 0.4) is 0 Å². The number of para-hydroxylation sites is 1. The summed E-state index contributed by atoms with van der Waals surface area (Å²) in [7, 11) is 0. The van der Waals surface area contributed by atoms with Gasteiger partial charge in [-0.25, -0.2) is 9.78 Å². The summed E-state index contributed by atoms with van der Waals surface area (Å²) in [5, 5.41) is 2.87. The molecular weight excluding hydrogens is 462 g/mol. The summed E-state index contributed by atoms with van der Waals surface area (Å²) >= 11 is 6.17. The second-order valence-electron chi connectivity index (χ2n) is 7.46. The molecule has 2 heterocycles. The van der Waals surface area contributed by atoms with Crippen molar-refractivity contribution in [2.24, 2.45) is 0 Å². The highest BCUT2D eigenvalue weighted by Crippen LogP contribution is 2.24. The van der Waals surface area contributed by atoms with Crippen LogP contribution in [0.25, 0.3) is 5.65 Å². The van der Waals surface area contributed by atoms with Crippen LogP contribution < -0.4 is 15.6 Å². The molecule has 4 aromatic rings. The number of carbonyl (C=O) groups is 2. The first-order valence-corrected chi connectivity index (χ1v) is 10.6. The lowest BCUT2D eigenvalue weighted by Gasteiger charge is -2.11. The molecule has 34 heavy (non-hydrogen) atoms. The SMILES string of the molecule is Cc1cc2nc(COC(=O)c3ccc(Cl)c(NC(=O)COc4ccccc4C)c3)cc(=O)n2o1. The van der Waals surface area contributed by atoms with Gasteiger partial charge in [-0.1, -0.05) is 29.8 Å². The fourth-order valence-electron chi connectivity index (χ4n) is 3.17. The Hall–Kier alpha value is -4.11. The predicted octanol–water partition coefficient (Wildman–Crippen LogP) is 3.93. The average molecular weight is 482 g/mol. The zero-order valence-electron chi connectivity index (χ0n) is 18.3. The number of hydrogen-bond donors (Lipinski definition) is 1. The molecule has 0 atom stereocenters. The Morgan fingerprint density at radius 2 is 1.91 bits per heavy atom. The summed E-state index contributed by atoms with van der Waals surface area (Å²) in [4.78, 5) is 41.2. The maximum Gasteiger partial charge on any atom is 0.338 e. The molecule has 0 aliphatic carbocycles. The van der Waals surface area contributed by atoms with E-state index in [-0.39, 0.29) is 35.2 Å². The van der Waals surface area contributed by atoms with Gasteiger partial charge in [0.1, 0.15) is 18.1 Å². The van der Waals surface area contributed by atoms with Gasteiger partial charge >= 0.3 is 5.97 Å². The van der Waals surface area contributed by atoms with Crippen molar-refractivity contribution in [1.82, 2.24) is 9.56 Å². The first-order valence-electron chi connectivity index (χ1n) is 10.2. The van der Waals surface area contributed by atoms with Crippen molar-refractivity contribution in [3.8, 4) is 5.75 Å². The third-order valence-electron chi connectivity index (χ3n) is 4.80. The fraction of sp³-hybridized carbons (Fsp3) is 0.167. The molecule has 1 amide bonds. The Morgan fingerprint density at radius 1 is 1.12 bits per heavy atom. The van der Waals surface area contributed by atoms with E-state index in [2.05, 4.69) is 10.3 Å². The number of hydrogen-bond acceptors (Lipinski definition) is 7. The van der Waals surface area contributed by atoms with Crippen LogP contribution in [-0.4, -0.2) is 28.0 Å². The van der Waals surface area contributed by atoms with Gasteiger partial charge in [-0.05, 0) is 43.7 Å². The van der Waals surface area contributed by atoms with E-state index in [1.165, 1.54) is 24.3 Å². The first kappa shape index (κ1) is 23.1. The molecule has 0 aliphatic heterocycles. The van der Waals surface area contributed by atoms with Gasteiger partial charge in [-0.3, -0.25) is 9.59 Å². The Kier molecular flexibility index (Phi) is 6.65. The lowest BCUT2D eigenvalue weighted by molar-refractivity contribution is -0.118. The number of ether oxygens (including phenoxy) is 2. The Labute approximate surface area is 198 Å². The van der Waals surface area contributed by atoms with E-state index in [0.717, 1.165) is 10.1 Å². The normalized spacial score (nSPS) is 10.8. The molecule has 0 saturated carbocycles. The number of aromatic nitrogens is 2. The maximum atomic E-state index is 12.5. The monoisotopic (exact) mass is 481 g/mol. The van der Waals surface area contributed by atoms with E-state index in [1.54, 1.807) is 19.1 Å². The molecule has 0 unspecified atom stereocenters. The Bertz CT molecular complexity index is 1440. The third kappa shape index (κ3) is 5.26. The van der Waals surface area contributed by atoms with Crippen molar-refractivity contribution in [2.45, 2.75) is 20.5 Å². The molecular formula is C24H20ClN3O6. The molecule has 9 nitrogen and oxygen atoms in total. The van der Waals surface area contributed by atoms with E-state index < -0.39 is 17.4 Å². The number of carbonyl (C=O) groups excluding carboxylic acids is 2. The van der Waals surface area contributed by atoms with Crippen LogP contribution in [0.15, 0.2) is 63.9 Å². The highest BCUT2D eigenvalue weighted by Gasteiger charge is 2.14. The molecule has 0 fully saturated rings. The Balaban J connectivity index is 1.40. The van der Waals surface area contributed by atoms with E-state index in [0.29, 0.717) is 17.2 Å². The average Bonchev–Trinajstić information content (AvgIpc) is 3.19. The van der Waals surface area contributed by atoms with Crippen LogP contribution in [0.2, 0.25) is 5.02 Å². The molecule has 0 aliphatic rings. The van der Waals surface area contributed by atoms with Crippen LogP contribution in [0.5, 0.6) is 5.75 Å². The topological polar surface area (TPSA) is 112 Å². The van der Waals surface area contributed by atoms with Gasteiger partial charge in [0.25, 0.3) is 11.5 Å². The largest absolute Gasteiger partial charge is 0.483 e. The number of fused-ring (bicyclic) bond motifs is 1. The molecule has 0 radical (unpaired) electrons. The zero-order valence-corrected chi connectivity index (χ0v) is 19.1. The quantitative estimate of drug-likeness (QED) is 0.398. The maximum absolute atomic E-state index is 12.5. The van der Waals surface area contributed by atoms with Crippen LogP contribution in [0.1, 0.15) is 27.4 Å². The smallest absolute Gasteiger partial charge is 0.338 e. The van der Waals surface area contributed by atoms with Gasteiger partial charge in [-0.2, -0.15) is 0 Å². The first-order chi connectivity index (χ1) is 16.3. The molecule has 174 valence electrons. The molecule has 0 saturated heterocycles. The number of halogens is 1. The summed E-state index contributed by atoms with van der Waals surface area (Å²) < 4.78 is 17.1. The number of benzene rings is 2. The van der Waals surface area contributed by atoms with Crippen molar-refractivity contribution < 1.29 is 23.6 Å². The highest BCUT2D eigenvalue weighted by atomic mass is 35.5. The lowest BCUT2D eigenvalue weighted by atomic mass is 10.2. The molecule has 2 aromatic carbocycles. The summed E-state index contributed by atoms with van der Waals surface area (Å²) in [6.45, 7) is 3.12. The zero-order chi connectivity index (χ0) is 24.2. The summed E-state index contributed by atoms with van der Waals surface area (Å²) in [5.74, 6) is 0.00892. The van der Waals surface area contributed by atoms with Gasteiger partial charge in [0.2, 0.25) is 0 Å². The minimum atomic E-state index is -0.673. The molecule has 0 spiro atoms. The standard InChI is InChI=1S/C24H20ClN3O6/c1-14-5-3-4-6-20(14)32-13-22(29)27-19-10-16(7-8-18(19)25)24(31)33-12-17-11-23(30)28-21(26-17)9-15(2)34-28/h3-11H,12-13H2,1-2H3,(H,27,29). The van der Waals surface area contributed by atoms with E-state index in [4.69, 9.17) is 25.6 Å². The van der Waals surface area contributed by atoms with Crippen LogP contribution in [0, 0.1) is 13.8 Å². The van der Waals surface area contributed by atoms with Crippen molar-refractivity contribution >= 4 is 34.8 Å². The Morgan fingerprint density at radius 3 is 2.71 bits per heavy atom. The van der Waals surface area contributed by atoms with Gasteiger partial charge in [0.15, 0.2) is 12.3 Å². The third-order valence-corrected chi connectivity index (χ3v) is 5.13. The van der Waals surface area contributed by atoms with Crippen LogP contribution >= 0.6 is 11.6 Å². The molecule has 4 rings (SSSR count). The minimum absolute atomic E-state index is 0.163. The van der Waals surface area contributed by atoms with E-state index >= 15 is 0 Å². The van der Waals surface area contributed by atoms with Gasteiger partial charge in [0.05, 0.1) is 22.0 Å². The predicted molar refractivity (Wildman–Crippen MR) is 124 cm³/mol. The summed E-state index contributed by atoms with van der Waals surface area (Å²) in [6, 6.07) is 14.5. The van der Waals surface area contributed by atoms with Gasteiger partial charge < -0.3 is 19.3 Å². The lowest BCUT2D eigenvalue weighted by Crippen LogP contribution is -2.21. The highest BCUT2D eigenvalue weighted by molar-refractivity contribution is 6.33. The molecule has 1 N–H and O–H groups in total. The van der Waals surface area contributed by atoms with Crippen molar-refractivity contribution in [1.29, 1.82) is 0 Å². The fourth-order valence-corrected chi connectivity index (χ4v) is 3.33. The molecule has 10 heteroatoms. The van der Waals surface area contributed by atoms with Crippen molar-refractivity contribution in [2.75, 3.05) is 11.9 Å². The van der Waals surface area contributed by atoms with E-state index in [9.17, 15) is 14.4 Å². The van der Waals surface area contributed by atoms with Gasteiger partial charge in [-0.15, -0.1) is 4.57 Å². The molecule has 2 aromatic heterocycles. The number of anilines is 1. The minimum Gasteiger partial charge on any atom is -0.483 e. The summed E-state index contributed by atoms with van der Waals surface area (Å²) in [6.07, 6.45) is 0. The van der Waals surface area contributed by atoms with Crippen LogP contribution in [-0.2, 0) is 16.1 Å². The number of nitrogens with zero attached hydrogens (tertiary/aromatic N) is 2. The number of aryl methyl sites for hydroxylation is 2. The number of amides is 1. The van der Waals surface area contributed by atoms with Crippen molar-refractivity contribution in [3.63, 3.8) is 0 Å². The second kappa shape index (κ2) is 9.80. The molecule has 0 bridgehead atoms. The van der Waals surface area contributed by atoms with Crippen molar-refractivity contribution in [3.05, 3.63) is 92.6 Å². The summed E-state index contributed by atoms with van der Waals surface area (Å²) in [5.41, 5.74) is 1.47. The number of rotatable bonds is 7. The second-order valence-corrected chi connectivity index (χ2v) is 7.86. The van der Waals surface area contributed by atoms with Crippen LogP contribution in [0.4, 0.5) is 5.69 Å². The number of esters is 1. The van der Waals surface area contributed by atoms with Gasteiger partial charge in [0, 0.05) is 12.1 Å². The van der Waals surface area contributed by atoms with E-state index in [1.807, 2.05) is 25.1 Å². The number of nitrogens with one attached hydrogen (secondary N) is 1.